The molecule has 1 aliphatic carbocycles. The Morgan fingerprint density at radius 3 is 2.71 bits per heavy atom. The van der Waals surface area contributed by atoms with E-state index in [-0.39, 0.29) is 0 Å². The Morgan fingerprint density at radius 2 is 2.00 bits per heavy atom. The zero-order valence-electron chi connectivity index (χ0n) is 13.4. The first-order valence-electron chi connectivity index (χ1n) is 8.34. The van der Waals surface area contributed by atoms with Crippen molar-refractivity contribution >= 4 is 15.9 Å². The molecule has 21 heavy (non-hydrogen) atoms. The Bertz CT molecular complexity index is 471. The SMILES string of the molecule is CC1CCC(C(C)(C)CC2Cc3ccccc3O2)C(Br)C1. The molecule has 3 rings (SSSR count). The fourth-order valence-corrected chi connectivity index (χ4v) is 5.92. The number of benzene rings is 1. The number of ether oxygens (including phenoxy) is 1. The van der Waals surface area contributed by atoms with Crippen LogP contribution in [0.25, 0.3) is 0 Å². The second kappa shape index (κ2) is 5.95. The molecule has 2 heteroatoms. The van der Waals surface area contributed by atoms with Crippen molar-refractivity contribution in [1.29, 1.82) is 0 Å². The van der Waals surface area contributed by atoms with Crippen LogP contribution in [0.2, 0.25) is 0 Å². The summed E-state index contributed by atoms with van der Waals surface area (Å²) in [5.74, 6) is 2.74. The summed E-state index contributed by atoms with van der Waals surface area (Å²) in [6.45, 7) is 7.26. The van der Waals surface area contributed by atoms with Crippen molar-refractivity contribution in [3.63, 3.8) is 0 Å². The number of alkyl halides is 1. The molecule has 0 bridgehead atoms. The van der Waals surface area contributed by atoms with Crippen molar-refractivity contribution in [1.82, 2.24) is 0 Å². The third-order valence-corrected chi connectivity index (χ3v) is 6.52. The van der Waals surface area contributed by atoms with Gasteiger partial charge in [0, 0.05) is 11.2 Å². The molecule has 1 aromatic rings. The lowest BCUT2D eigenvalue weighted by atomic mass is 9.66. The molecule has 0 saturated heterocycles. The molecule has 116 valence electrons. The number of halogens is 1. The highest BCUT2D eigenvalue weighted by Crippen LogP contribution is 2.47. The Hall–Kier alpha value is -0.500. The van der Waals surface area contributed by atoms with Crippen LogP contribution >= 0.6 is 15.9 Å². The van der Waals surface area contributed by atoms with Crippen LogP contribution in [-0.2, 0) is 6.42 Å². The van der Waals surface area contributed by atoms with Crippen molar-refractivity contribution in [2.24, 2.45) is 17.3 Å². The van der Waals surface area contributed by atoms with Gasteiger partial charge in [-0.05, 0) is 48.1 Å². The average molecular weight is 351 g/mol. The van der Waals surface area contributed by atoms with Crippen molar-refractivity contribution in [3.05, 3.63) is 29.8 Å². The number of fused-ring (bicyclic) bond motifs is 1. The van der Waals surface area contributed by atoms with E-state index in [1.54, 1.807) is 0 Å². The van der Waals surface area contributed by atoms with Crippen molar-refractivity contribution < 1.29 is 4.74 Å². The quantitative estimate of drug-likeness (QED) is 0.644. The van der Waals surface area contributed by atoms with E-state index in [4.69, 9.17) is 4.74 Å². The molecule has 1 saturated carbocycles. The van der Waals surface area contributed by atoms with Gasteiger partial charge in [0.25, 0.3) is 0 Å². The van der Waals surface area contributed by atoms with Crippen molar-refractivity contribution in [2.45, 2.75) is 63.8 Å². The molecule has 2 aliphatic rings. The van der Waals surface area contributed by atoms with Gasteiger partial charge in [-0.3, -0.25) is 0 Å². The number of rotatable bonds is 3. The molecule has 1 heterocycles. The molecule has 4 atom stereocenters. The van der Waals surface area contributed by atoms with Gasteiger partial charge in [0.2, 0.25) is 0 Å². The van der Waals surface area contributed by atoms with Crippen LogP contribution in [0.4, 0.5) is 0 Å². The molecular weight excluding hydrogens is 324 g/mol. The number of para-hydroxylation sites is 1. The molecule has 0 spiro atoms. The van der Waals surface area contributed by atoms with Gasteiger partial charge in [0.15, 0.2) is 0 Å². The number of hydrogen-bond donors (Lipinski definition) is 0. The van der Waals surface area contributed by atoms with Crippen LogP contribution in [0.1, 0.15) is 52.0 Å². The summed E-state index contributed by atoms with van der Waals surface area (Å²) >= 11 is 3.97. The van der Waals surface area contributed by atoms with Gasteiger partial charge >= 0.3 is 0 Å². The average Bonchev–Trinajstić information content (AvgIpc) is 2.79. The lowest BCUT2D eigenvalue weighted by molar-refractivity contribution is 0.0833. The first-order chi connectivity index (χ1) is 9.95. The highest BCUT2D eigenvalue weighted by molar-refractivity contribution is 9.09. The fraction of sp³-hybridized carbons (Fsp3) is 0.684. The molecule has 1 aromatic carbocycles. The number of hydrogen-bond acceptors (Lipinski definition) is 1. The Balaban J connectivity index is 1.64. The van der Waals surface area contributed by atoms with E-state index in [9.17, 15) is 0 Å². The molecule has 0 N–H and O–H groups in total. The van der Waals surface area contributed by atoms with Crippen LogP contribution in [-0.4, -0.2) is 10.9 Å². The van der Waals surface area contributed by atoms with Gasteiger partial charge in [0.05, 0.1) is 0 Å². The van der Waals surface area contributed by atoms with Gasteiger partial charge in [-0.2, -0.15) is 0 Å². The summed E-state index contributed by atoms with van der Waals surface area (Å²) in [6, 6.07) is 8.51. The van der Waals surface area contributed by atoms with Crippen LogP contribution in [0, 0.1) is 17.3 Å². The topological polar surface area (TPSA) is 9.23 Å². The van der Waals surface area contributed by atoms with Crippen LogP contribution in [0.15, 0.2) is 24.3 Å². The molecule has 1 nitrogen and oxygen atoms in total. The normalized spacial score (nSPS) is 32.6. The Morgan fingerprint density at radius 1 is 1.24 bits per heavy atom. The minimum absolute atomic E-state index is 0.334. The maximum absolute atomic E-state index is 6.17. The van der Waals surface area contributed by atoms with Crippen LogP contribution in [0.5, 0.6) is 5.75 Å². The smallest absolute Gasteiger partial charge is 0.123 e. The van der Waals surface area contributed by atoms with Crippen molar-refractivity contribution in [2.75, 3.05) is 0 Å². The summed E-state index contributed by atoms with van der Waals surface area (Å²) in [4.78, 5) is 0.667. The Labute approximate surface area is 137 Å². The fourth-order valence-electron chi connectivity index (χ4n) is 4.30. The Kier molecular flexibility index (Phi) is 4.36. The van der Waals surface area contributed by atoms with E-state index in [1.165, 1.54) is 24.8 Å². The standard InChI is InChI=1S/C19H27BrO/c1-13-8-9-16(17(20)10-13)19(2,3)12-15-11-14-6-4-5-7-18(14)21-15/h4-7,13,15-17H,8-12H2,1-3H3. The van der Waals surface area contributed by atoms with E-state index in [0.717, 1.165) is 30.4 Å². The van der Waals surface area contributed by atoms with E-state index in [2.05, 4.69) is 61.0 Å². The van der Waals surface area contributed by atoms with Crippen LogP contribution in [0.3, 0.4) is 0 Å². The first kappa shape index (κ1) is 15.4. The summed E-state index contributed by atoms with van der Waals surface area (Å²) in [5, 5.41) is 0. The van der Waals surface area contributed by atoms with E-state index in [0.29, 0.717) is 16.3 Å². The molecule has 0 amide bonds. The largest absolute Gasteiger partial charge is 0.490 e. The predicted octanol–water partition coefficient (Wildman–Crippen LogP) is 5.61. The minimum Gasteiger partial charge on any atom is -0.490 e. The summed E-state index contributed by atoms with van der Waals surface area (Å²) < 4.78 is 6.17. The molecule has 0 aromatic heterocycles. The van der Waals surface area contributed by atoms with E-state index < -0.39 is 0 Å². The highest BCUT2D eigenvalue weighted by Gasteiger charge is 2.40. The molecule has 1 fully saturated rings. The second-order valence-electron chi connectivity index (χ2n) is 7.79. The molecule has 1 aliphatic heterocycles. The van der Waals surface area contributed by atoms with E-state index in [1.807, 2.05) is 0 Å². The third-order valence-electron chi connectivity index (χ3n) is 5.51. The van der Waals surface area contributed by atoms with Crippen LogP contribution < -0.4 is 4.74 Å². The van der Waals surface area contributed by atoms with Gasteiger partial charge in [-0.15, -0.1) is 0 Å². The maximum atomic E-state index is 6.17. The first-order valence-corrected chi connectivity index (χ1v) is 9.26. The maximum Gasteiger partial charge on any atom is 0.123 e. The minimum atomic E-state index is 0.334. The molecular formula is C19H27BrO. The van der Waals surface area contributed by atoms with Gasteiger partial charge in [0.1, 0.15) is 11.9 Å². The van der Waals surface area contributed by atoms with Gasteiger partial charge in [-0.25, -0.2) is 0 Å². The predicted molar refractivity (Wildman–Crippen MR) is 92.2 cm³/mol. The third kappa shape index (κ3) is 3.31. The van der Waals surface area contributed by atoms with Gasteiger partial charge in [-0.1, -0.05) is 61.3 Å². The summed E-state index contributed by atoms with van der Waals surface area (Å²) in [6.07, 6.45) is 6.64. The highest BCUT2D eigenvalue weighted by atomic mass is 79.9. The lowest BCUT2D eigenvalue weighted by Gasteiger charge is -2.43. The monoisotopic (exact) mass is 350 g/mol. The molecule has 4 unspecified atom stereocenters. The van der Waals surface area contributed by atoms with Crippen molar-refractivity contribution in [3.8, 4) is 5.75 Å². The summed E-state index contributed by atoms with van der Waals surface area (Å²) in [7, 11) is 0. The lowest BCUT2D eigenvalue weighted by Crippen LogP contribution is -2.38. The molecule has 0 radical (unpaired) electrons. The second-order valence-corrected chi connectivity index (χ2v) is 8.96. The van der Waals surface area contributed by atoms with E-state index >= 15 is 0 Å². The summed E-state index contributed by atoms with van der Waals surface area (Å²) in [5.41, 5.74) is 1.71. The van der Waals surface area contributed by atoms with Gasteiger partial charge < -0.3 is 4.74 Å². The zero-order valence-corrected chi connectivity index (χ0v) is 15.0. The zero-order chi connectivity index (χ0) is 15.0.